The minimum atomic E-state index is -3.72. The van der Waals surface area contributed by atoms with E-state index in [9.17, 15) is 45.1 Å². The fourth-order valence-corrected chi connectivity index (χ4v) is 4.08. The van der Waals surface area contributed by atoms with Gasteiger partial charge < -0.3 is 9.94 Å². The molecule has 6 rings (SSSR count). The summed E-state index contributed by atoms with van der Waals surface area (Å²) < 4.78 is 99.0. The van der Waals surface area contributed by atoms with Gasteiger partial charge in [0.1, 0.15) is 11.4 Å². The number of hydrogen-bond donors (Lipinski definition) is 0. The Labute approximate surface area is 280 Å². The zero-order valence-electron chi connectivity index (χ0n) is 26.3. The summed E-state index contributed by atoms with van der Waals surface area (Å²) >= 11 is 0. The molecule has 0 spiro atoms. The molecule has 0 amide bonds. The number of ether oxygens (including phenoxy) is 1. The lowest BCUT2D eigenvalue weighted by Gasteiger charge is -2.15. The van der Waals surface area contributed by atoms with Gasteiger partial charge in [0.2, 0.25) is 5.52 Å². The van der Waals surface area contributed by atoms with Crippen molar-refractivity contribution in [3.63, 3.8) is 0 Å². The van der Waals surface area contributed by atoms with Gasteiger partial charge in [0, 0.05) is 28.3 Å². The molecule has 14 heteroatoms. The summed E-state index contributed by atoms with van der Waals surface area (Å²) in [6, 6.07) is 30.9. The van der Waals surface area contributed by atoms with Crippen molar-refractivity contribution in [2.24, 2.45) is 0 Å². The first-order valence-electron chi connectivity index (χ1n) is 14.8. The number of nitrogens with zero attached hydrogens (tertiary/aromatic N) is 3. The van der Waals surface area contributed by atoms with Gasteiger partial charge in [-0.05, 0) is 42.8 Å². The third-order valence-corrected chi connectivity index (χ3v) is 6.57. The van der Waals surface area contributed by atoms with Gasteiger partial charge in [-0.15, -0.1) is 0 Å². The van der Waals surface area contributed by atoms with Crippen molar-refractivity contribution in [1.29, 1.82) is 0 Å². The number of fused-ring (bicyclic) bond motifs is 3. The maximum atomic E-state index is 14.0. The Morgan fingerprint density at radius 1 is 0.740 bits per heavy atom. The number of para-hydroxylation sites is 3. The maximum absolute atomic E-state index is 14.0. The summed E-state index contributed by atoms with van der Waals surface area (Å²) in [6.45, 7) is 1.88. The summed E-state index contributed by atoms with van der Waals surface area (Å²) in [4.78, 5) is 19.1. The maximum Gasteiger partial charge on any atom is 0.384 e. The van der Waals surface area contributed by atoms with E-state index in [0.29, 0.717) is 17.5 Å². The number of pyridine rings is 3. The SMILES string of the molecule is CCCCOC(=O)C(F)(F)c1ccc2ccccc2n1.FC(F)=C(F)F.FC(F)c1ccc2ccccc2n1.[O-][n+]1cccc2ccccc21. The minimum Gasteiger partial charge on any atom is -0.618 e. The second-order valence-corrected chi connectivity index (χ2v) is 10.1. The molecule has 50 heavy (non-hydrogen) atoms. The van der Waals surface area contributed by atoms with Crippen molar-refractivity contribution in [3.8, 4) is 0 Å². The van der Waals surface area contributed by atoms with Crippen LogP contribution in [0.1, 0.15) is 37.6 Å². The summed E-state index contributed by atoms with van der Waals surface area (Å²) in [5, 5.41) is 13.7. The standard InChI is InChI=1S/C15H15F2NO2.C10H7F2N.C9H7NO.C2F4/c1-2-3-10-20-14(19)15(16,17)13-9-8-11-6-4-5-7-12(11)18-13;11-10(12)9-6-5-7-3-1-2-4-8(7)13-9;11-10-7-3-5-8-4-1-2-6-9(8)10;3-1(4)2(5)6/h4-9H,2-3,10H2,1H3;1-6,10H;1-7H;. The molecule has 3 aromatic carbocycles. The van der Waals surface area contributed by atoms with E-state index in [1.54, 1.807) is 48.5 Å². The number of carbonyl (C=O) groups is 1. The van der Waals surface area contributed by atoms with Crippen LogP contribution in [0.15, 0.2) is 128 Å². The van der Waals surface area contributed by atoms with Crippen LogP contribution in [0.25, 0.3) is 32.7 Å². The van der Waals surface area contributed by atoms with Crippen LogP contribution in [-0.2, 0) is 15.5 Å². The van der Waals surface area contributed by atoms with Crippen LogP contribution in [-0.4, -0.2) is 22.5 Å². The average Bonchev–Trinajstić information content (AvgIpc) is 3.12. The van der Waals surface area contributed by atoms with Gasteiger partial charge in [-0.1, -0.05) is 74.0 Å². The van der Waals surface area contributed by atoms with Gasteiger partial charge in [0.15, 0.2) is 6.20 Å². The largest absolute Gasteiger partial charge is 0.618 e. The van der Waals surface area contributed by atoms with Crippen LogP contribution >= 0.6 is 0 Å². The van der Waals surface area contributed by atoms with Crippen LogP contribution in [0, 0.1) is 5.21 Å². The summed E-state index contributed by atoms with van der Waals surface area (Å²) in [7, 11) is 0. The van der Waals surface area contributed by atoms with E-state index < -0.39 is 36.2 Å². The molecular formula is C36H29F8N3O3. The molecule has 0 fully saturated rings. The normalized spacial score (nSPS) is 10.7. The van der Waals surface area contributed by atoms with Crippen LogP contribution in [0.4, 0.5) is 35.1 Å². The molecule has 0 bridgehead atoms. The van der Waals surface area contributed by atoms with Crippen molar-refractivity contribution in [2.45, 2.75) is 32.1 Å². The lowest BCUT2D eigenvalue weighted by atomic mass is 10.1. The number of aromatic nitrogens is 3. The highest BCUT2D eigenvalue weighted by Crippen LogP contribution is 2.29. The Morgan fingerprint density at radius 3 is 1.82 bits per heavy atom. The van der Waals surface area contributed by atoms with Gasteiger partial charge in [0.05, 0.1) is 17.6 Å². The van der Waals surface area contributed by atoms with Crippen LogP contribution in [0.5, 0.6) is 0 Å². The molecule has 0 atom stereocenters. The highest BCUT2D eigenvalue weighted by atomic mass is 19.3. The lowest BCUT2D eigenvalue weighted by Crippen LogP contribution is -2.29. The van der Waals surface area contributed by atoms with Crippen molar-refractivity contribution >= 4 is 38.7 Å². The number of esters is 1. The third kappa shape index (κ3) is 11.2. The second kappa shape index (κ2) is 18.8. The van der Waals surface area contributed by atoms with Gasteiger partial charge in [0.25, 0.3) is 6.43 Å². The molecule has 0 saturated heterocycles. The van der Waals surface area contributed by atoms with Gasteiger partial charge >= 0.3 is 24.1 Å². The molecule has 0 N–H and O–H groups in total. The lowest BCUT2D eigenvalue weighted by molar-refractivity contribution is -0.577. The summed E-state index contributed by atoms with van der Waals surface area (Å²) in [6.07, 6.45) is -5.47. The molecule has 6 nitrogen and oxygen atoms in total. The molecule has 0 radical (unpaired) electrons. The Balaban J connectivity index is 0.000000195. The molecule has 3 aromatic heterocycles. The van der Waals surface area contributed by atoms with Gasteiger partial charge in [-0.3, -0.25) is 0 Å². The van der Waals surface area contributed by atoms with E-state index in [1.165, 1.54) is 18.3 Å². The molecule has 0 aliphatic heterocycles. The predicted molar refractivity (Wildman–Crippen MR) is 173 cm³/mol. The zero-order valence-corrected chi connectivity index (χ0v) is 26.3. The third-order valence-electron chi connectivity index (χ3n) is 6.57. The Kier molecular flexibility index (Phi) is 14.6. The van der Waals surface area contributed by atoms with Crippen molar-refractivity contribution in [3.05, 3.63) is 144 Å². The summed E-state index contributed by atoms with van der Waals surface area (Å²) in [5.74, 6) is -5.27. The first-order valence-corrected chi connectivity index (χ1v) is 14.8. The monoisotopic (exact) mass is 703 g/mol. The predicted octanol–water partition coefficient (Wildman–Crippen LogP) is 10.3. The number of hydrogen-bond acceptors (Lipinski definition) is 5. The zero-order chi connectivity index (χ0) is 36.7. The fraction of sp³-hybridized carbons (Fsp3) is 0.167. The first-order chi connectivity index (χ1) is 23.8. The Hall–Kier alpha value is -5.66. The number of halogens is 8. The highest BCUT2D eigenvalue weighted by molar-refractivity contribution is 5.82. The number of unbranched alkanes of at least 4 members (excludes halogenated alkanes) is 1. The average molecular weight is 704 g/mol. The molecule has 262 valence electrons. The van der Waals surface area contributed by atoms with E-state index in [2.05, 4.69) is 14.7 Å². The van der Waals surface area contributed by atoms with E-state index in [-0.39, 0.29) is 12.3 Å². The molecule has 0 saturated carbocycles. The quantitative estimate of drug-likeness (QED) is 0.0567. The van der Waals surface area contributed by atoms with Gasteiger partial charge in [-0.2, -0.15) is 31.1 Å². The Morgan fingerprint density at radius 2 is 1.26 bits per heavy atom. The number of benzene rings is 3. The first kappa shape index (κ1) is 38.8. The number of carbonyl (C=O) groups excluding carboxylic acids is 1. The van der Waals surface area contributed by atoms with E-state index in [1.807, 2.05) is 49.4 Å². The fourth-order valence-electron chi connectivity index (χ4n) is 4.08. The van der Waals surface area contributed by atoms with E-state index in [4.69, 9.17) is 0 Å². The molecular weight excluding hydrogens is 674 g/mol. The van der Waals surface area contributed by atoms with Crippen molar-refractivity contribution in [1.82, 2.24) is 9.97 Å². The molecule has 0 aliphatic carbocycles. The highest BCUT2D eigenvalue weighted by Gasteiger charge is 2.44. The minimum absolute atomic E-state index is 0.00148. The van der Waals surface area contributed by atoms with E-state index >= 15 is 0 Å². The molecule has 6 aromatic rings. The molecule has 0 aliphatic rings. The topological polar surface area (TPSA) is 79.0 Å². The smallest absolute Gasteiger partial charge is 0.384 e. The van der Waals surface area contributed by atoms with E-state index in [0.717, 1.165) is 38.9 Å². The Bertz CT molecular complexity index is 2020. The van der Waals surface area contributed by atoms with Crippen LogP contribution < -0.4 is 4.73 Å². The molecule has 3 heterocycles. The van der Waals surface area contributed by atoms with Crippen LogP contribution in [0.2, 0.25) is 0 Å². The van der Waals surface area contributed by atoms with Crippen molar-refractivity contribution in [2.75, 3.05) is 6.61 Å². The summed E-state index contributed by atoms with van der Waals surface area (Å²) in [5.41, 5.74) is 0.998. The number of rotatable bonds is 6. The number of alkyl halides is 4. The second-order valence-electron chi connectivity index (χ2n) is 10.1. The van der Waals surface area contributed by atoms with Crippen LogP contribution in [0.3, 0.4) is 0 Å². The van der Waals surface area contributed by atoms with Gasteiger partial charge in [-0.25, -0.2) is 23.5 Å². The molecule has 0 unspecified atom stereocenters. The van der Waals surface area contributed by atoms with Crippen molar-refractivity contribution < 1.29 is 49.4 Å².